The second-order valence-electron chi connectivity index (χ2n) is 2.38. The van der Waals surface area contributed by atoms with Crippen molar-refractivity contribution in [2.45, 2.75) is 11.8 Å². The molecule has 0 aromatic rings. The molecular formula is C6H10F3NO3. The number of methoxy groups -OCH3 is 1. The Bertz CT molecular complexity index is 194. The van der Waals surface area contributed by atoms with Crippen LogP contribution in [0.15, 0.2) is 0 Å². The van der Waals surface area contributed by atoms with E-state index in [2.05, 4.69) is 10.1 Å². The predicted molar refractivity (Wildman–Crippen MR) is 36.9 cm³/mol. The van der Waals surface area contributed by atoms with Crippen LogP contribution < -0.4 is 5.32 Å². The maximum atomic E-state index is 12.1. The Hall–Kier alpha value is -0.820. The molecule has 0 aromatic carbocycles. The van der Waals surface area contributed by atoms with Crippen molar-refractivity contribution >= 4 is 5.97 Å². The minimum Gasteiger partial charge on any atom is -0.467 e. The zero-order valence-corrected chi connectivity index (χ0v) is 7.10. The quantitative estimate of drug-likeness (QED) is 0.614. The minimum atomic E-state index is -5.05. The molecule has 13 heavy (non-hydrogen) atoms. The van der Waals surface area contributed by atoms with Crippen molar-refractivity contribution < 1.29 is 27.8 Å². The van der Waals surface area contributed by atoms with Gasteiger partial charge in [0.1, 0.15) is 0 Å². The number of likely N-dealkylation sites (N-methyl/N-ethyl adjacent to an activating group) is 1. The van der Waals surface area contributed by atoms with Crippen molar-refractivity contribution in [1.82, 2.24) is 5.32 Å². The number of hydrogen-bond donors (Lipinski definition) is 2. The molecule has 78 valence electrons. The van der Waals surface area contributed by atoms with E-state index in [0.717, 1.165) is 7.11 Å². The third kappa shape index (κ3) is 2.31. The van der Waals surface area contributed by atoms with Gasteiger partial charge in [0, 0.05) is 6.54 Å². The summed E-state index contributed by atoms with van der Waals surface area (Å²) in [4.78, 5) is 10.6. The van der Waals surface area contributed by atoms with E-state index in [1.54, 1.807) is 0 Å². The Morgan fingerprint density at radius 1 is 1.54 bits per heavy atom. The molecule has 0 saturated heterocycles. The number of alkyl halides is 3. The molecule has 0 amide bonds. The average Bonchev–Trinajstić information content (AvgIpc) is 2.01. The molecule has 0 saturated carbocycles. The van der Waals surface area contributed by atoms with Gasteiger partial charge in [-0.05, 0) is 7.05 Å². The highest BCUT2D eigenvalue weighted by molar-refractivity contribution is 5.80. The average molecular weight is 201 g/mol. The number of carbonyl (C=O) groups is 1. The molecule has 0 heterocycles. The molecule has 1 atom stereocenters. The molecule has 0 fully saturated rings. The fourth-order valence-electron chi connectivity index (χ4n) is 0.713. The molecular weight excluding hydrogens is 191 g/mol. The summed E-state index contributed by atoms with van der Waals surface area (Å²) in [5, 5.41) is 11.0. The van der Waals surface area contributed by atoms with Crippen molar-refractivity contribution in [2.75, 3.05) is 20.7 Å². The van der Waals surface area contributed by atoms with E-state index in [9.17, 15) is 18.0 Å². The molecule has 0 aliphatic rings. The summed E-state index contributed by atoms with van der Waals surface area (Å²) in [7, 11) is 1.95. The number of rotatable bonds is 3. The van der Waals surface area contributed by atoms with Gasteiger partial charge in [-0.15, -0.1) is 0 Å². The Kier molecular flexibility index (Phi) is 3.68. The van der Waals surface area contributed by atoms with Gasteiger partial charge < -0.3 is 15.2 Å². The number of aliphatic hydroxyl groups is 1. The largest absolute Gasteiger partial charge is 0.467 e. The molecule has 7 heteroatoms. The van der Waals surface area contributed by atoms with Gasteiger partial charge in [0.15, 0.2) is 0 Å². The lowest BCUT2D eigenvalue weighted by Crippen LogP contribution is -2.58. The first-order valence-electron chi connectivity index (χ1n) is 3.31. The van der Waals surface area contributed by atoms with Crippen molar-refractivity contribution in [2.24, 2.45) is 0 Å². The highest BCUT2D eigenvalue weighted by atomic mass is 19.4. The van der Waals surface area contributed by atoms with Crippen molar-refractivity contribution in [3.05, 3.63) is 0 Å². The zero-order valence-electron chi connectivity index (χ0n) is 7.10. The summed E-state index contributed by atoms with van der Waals surface area (Å²) in [6, 6.07) is 0. The number of ether oxygens (including phenoxy) is 1. The van der Waals surface area contributed by atoms with Crippen LogP contribution in [0, 0.1) is 0 Å². The van der Waals surface area contributed by atoms with Crippen molar-refractivity contribution in [1.29, 1.82) is 0 Å². The van der Waals surface area contributed by atoms with Gasteiger partial charge in [0.05, 0.1) is 7.11 Å². The van der Waals surface area contributed by atoms with Gasteiger partial charge in [0.2, 0.25) is 0 Å². The normalized spacial score (nSPS) is 16.5. The van der Waals surface area contributed by atoms with E-state index < -0.39 is 24.3 Å². The van der Waals surface area contributed by atoms with Gasteiger partial charge in [-0.1, -0.05) is 0 Å². The predicted octanol–water partition coefficient (Wildman–Crippen LogP) is -0.328. The molecule has 4 nitrogen and oxygen atoms in total. The summed E-state index contributed by atoms with van der Waals surface area (Å²) in [6.07, 6.45) is -5.05. The first kappa shape index (κ1) is 12.2. The smallest absolute Gasteiger partial charge is 0.429 e. The maximum Gasteiger partial charge on any atom is 0.429 e. The van der Waals surface area contributed by atoms with Crippen LogP contribution in [0.25, 0.3) is 0 Å². The molecule has 0 aliphatic heterocycles. The molecule has 2 N–H and O–H groups in total. The molecule has 0 aliphatic carbocycles. The number of hydrogen-bond acceptors (Lipinski definition) is 4. The third-order valence-electron chi connectivity index (χ3n) is 1.42. The fourth-order valence-corrected chi connectivity index (χ4v) is 0.713. The second-order valence-corrected chi connectivity index (χ2v) is 2.38. The number of nitrogens with one attached hydrogen (secondary N) is 1. The van der Waals surface area contributed by atoms with Gasteiger partial charge in [-0.2, -0.15) is 13.2 Å². The van der Waals surface area contributed by atoms with Crippen molar-refractivity contribution in [3.8, 4) is 0 Å². The zero-order chi connectivity index (χ0) is 10.7. The highest BCUT2D eigenvalue weighted by Crippen LogP contribution is 2.30. The van der Waals surface area contributed by atoms with Crippen LogP contribution >= 0.6 is 0 Å². The van der Waals surface area contributed by atoms with Crippen LogP contribution in [0.4, 0.5) is 13.2 Å². The lowest BCUT2D eigenvalue weighted by atomic mass is 10.0. The fraction of sp³-hybridized carbons (Fsp3) is 0.833. The standard InChI is InChI=1S/C6H10F3NO3/c1-10-3-5(12,4(11)13-2)6(7,8)9/h10,12H,3H2,1-2H3. The Labute approximate surface area is 72.7 Å². The van der Waals surface area contributed by atoms with E-state index in [4.69, 9.17) is 5.11 Å². The third-order valence-corrected chi connectivity index (χ3v) is 1.42. The van der Waals surface area contributed by atoms with Crippen LogP contribution in [-0.2, 0) is 9.53 Å². The summed E-state index contributed by atoms with van der Waals surface area (Å²) >= 11 is 0. The Morgan fingerprint density at radius 3 is 2.23 bits per heavy atom. The number of carbonyl (C=O) groups excluding carboxylic acids is 1. The summed E-state index contributed by atoms with van der Waals surface area (Å²) < 4.78 is 40.3. The van der Waals surface area contributed by atoms with Crippen LogP contribution in [0.3, 0.4) is 0 Å². The maximum absolute atomic E-state index is 12.1. The monoisotopic (exact) mass is 201 g/mol. The molecule has 0 aromatic heterocycles. The van der Waals surface area contributed by atoms with Gasteiger partial charge in [-0.25, -0.2) is 4.79 Å². The molecule has 0 bridgehead atoms. The SMILES string of the molecule is CNCC(O)(C(=O)OC)C(F)(F)F. The molecule has 1 unspecified atom stereocenters. The van der Waals surface area contributed by atoms with E-state index in [1.165, 1.54) is 7.05 Å². The van der Waals surface area contributed by atoms with Crippen molar-refractivity contribution in [3.63, 3.8) is 0 Å². The molecule has 0 spiro atoms. The highest BCUT2D eigenvalue weighted by Gasteiger charge is 2.60. The van der Waals surface area contributed by atoms with E-state index in [0.29, 0.717) is 0 Å². The molecule has 0 rings (SSSR count). The van der Waals surface area contributed by atoms with E-state index in [1.807, 2.05) is 0 Å². The number of halogens is 3. The van der Waals surface area contributed by atoms with Crippen LogP contribution in [0.2, 0.25) is 0 Å². The first-order valence-corrected chi connectivity index (χ1v) is 3.31. The minimum absolute atomic E-state index is 0.773. The summed E-state index contributed by atoms with van der Waals surface area (Å²) in [6.45, 7) is -0.941. The van der Waals surface area contributed by atoms with E-state index in [-0.39, 0.29) is 0 Å². The summed E-state index contributed by atoms with van der Waals surface area (Å²) in [5.74, 6) is -1.73. The first-order chi connectivity index (χ1) is 5.79. The second kappa shape index (κ2) is 3.93. The number of esters is 1. The van der Waals surface area contributed by atoms with E-state index >= 15 is 0 Å². The molecule has 0 radical (unpaired) electrons. The Morgan fingerprint density at radius 2 is 2.00 bits per heavy atom. The van der Waals surface area contributed by atoms with Gasteiger partial charge in [0.25, 0.3) is 5.60 Å². The van der Waals surface area contributed by atoms with Gasteiger partial charge in [-0.3, -0.25) is 0 Å². The van der Waals surface area contributed by atoms with Gasteiger partial charge >= 0.3 is 12.1 Å². The lowest BCUT2D eigenvalue weighted by molar-refractivity contribution is -0.259. The summed E-state index contributed by atoms with van der Waals surface area (Å²) in [5.41, 5.74) is -3.48. The Balaban J connectivity index is 4.83. The lowest BCUT2D eigenvalue weighted by Gasteiger charge is -2.26. The van der Waals surface area contributed by atoms with Crippen LogP contribution in [0.5, 0.6) is 0 Å². The van der Waals surface area contributed by atoms with Crippen LogP contribution in [0.1, 0.15) is 0 Å². The van der Waals surface area contributed by atoms with Crippen LogP contribution in [-0.4, -0.2) is 43.6 Å². The topological polar surface area (TPSA) is 58.6 Å².